The summed E-state index contributed by atoms with van der Waals surface area (Å²) in [7, 11) is 0. The smallest absolute Gasteiger partial charge is 0.203 e. The standard InChI is InChI=1S/C20H22N3O.H2O4S/c1-3-23(4-2)13-9-10-17-18(11-13)24-19-12-16(21)14-7-5-6-8-15(14)20(19)22-17;1-4-5(2)3/h5-12,17,22H,3-4,21H2,1-2H3;1H,(H,2,3)/q+1;/p-2. The van der Waals surface area contributed by atoms with Gasteiger partial charge in [-0.3, -0.25) is 0 Å². The van der Waals surface area contributed by atoms with Gasteiger partial charge in [-0.25, -0.2) is 8.78 Å². The molecule has 29 heavy (non-hydrogen) atoms. The van der Waals surface area contributed by atoms with Crippen LogP contribution in [-0.4, -0.2) is 38.2 Å². The van der Waals surface area contributed by atoms with Crippen LogP contribution in [0.25, 0.3) is 10.8 Å². The molecule has 0 saturated heterocycles. The molecule has 0 aromatic heterocycles. The summed E-state index contributed by atoms with van der Waals surface area (Å²) in [5.41, 5.74) is 9.15. The molecule has 2 atom stereocenters. The summed E-state index contributed by atoms with van der Waals surface area (Å²) in [4.78, 5) is 0. The number of hydrogen-bond acceptors (Lipinski definition) is 7. The van der Waals surface area contributed by atoms with Crippen molar-refractivity contribution >= 4 is 39.2 Å². The van der Waals surface area contributed by atoms with Crippen molar-refractivity contribution in [2.24, 2.45) is 0 Å². The second-order valence-corrected chi connectivity index (χ2v) is 6.93. The number of rotatable bonds is 3. The fraction of sp³-hybridized carbons (Fsp3) is 0.250. The van der Waals surface area contributed by atoms with Gasteiger partial charge in [-0.05, 0) is 19.9 Å². The first-order valence-corrected chi connectivity index (χ1v) is 10.1. The topological polar surface area (TPSA) is 123 Å². The molecule has 2 aliphatic rings. The maximum absolute atomic E-state index is 8.83. The van der Waals surface area contributed by atoms with Crippen molar-refractivity contribution in [2.45, 2.75) is 19.9 Å². The van der Waals surface area contributed by atoms with Crippen LogP contribution in [-0.2, 0) is 15.7 Å². The number of nitrogens with one attached hydrogen (secondary N) is 1. The summed E-state index contributed by atoms with van der Waals surface area (Å²) >= 11 is -2.88. The summed E-state index contributed by atoms with van der Waals surface area (Å²) in [6.07, 6.45) is 6.46. The number of anilines is 2. The maximum Gasteiger partial charge on any atom is 0.203 e. The van der Waals surface area contributed by atoms with Crippen LogP contribution in [0.3, 0.4) is 0 Å². The molecule has 0 saturated carbocycles. The number of nitrogen functional groups attached to an aromatic ring is 1. The molecule has 1 aliphatic heterocycles. The van der Waals surface area contributed by atoms with Crippen LogP contribution < -0.4 is 21.0 Å². The van der Waals surface area contributed by atoms with Crippen LogP contribution in [0.4, 0.5) is 11.4 Å². The highest BCUT2D eigenvalue weighted by atomic mass is 32.2. The van der Waals surface area contributed by atoms with E-state index in [1.165, 1.54) is 5.71 Å². The third kappa shape index (κ3) is 4.48. The Morgan fingerprint density at radius 1 is 1.28 bits per heavy atom. The molecule has 1 heterocycles. The quantitative estimate of drug-likeness (QED) is 0.256. The zero-order chi connectivity index (χ0) is 21.0. The number of nitrogens with zero attached hydrogens (tertiary/aromatic N) is 1. The predicted octanol–water partition coefficient (Wildman–Crippen LogP) is 1.61. The second kappa shape index (κ2) is 9.19. The van der Waals surface area contributed by atoms with Gasteiger partial charge in [-0.15, -0.1) is 0 Å². The minimum atomic E-state index is -2.88. The molecule has 3 N–H and O–H groups in total. The molecule has 2 aromatic carbocycles. The highest BCUT2D eigenvalue weighted by Gasteiger charge is 2.28. The average molecular weight is 416 g/mol. The van der Waals surface area contributed by atoms with Crippen LogP contribution >= 0.6 is 0 Å². The Hall–Kier alpha value is -2.72. The van der Waals surface area contributed by atoms with E-state index in [4.69, 9.17) is 24.5 Å². The predicted molar refractivity (Wildman–Crippen MR) is 110 cm³/mol. The van der Waals surface area contributed by atoms with Gasteiger partial charge in [0.2, 0.25) is 5.71 Å². The van der Waals surface area contributed by atoms with Gasteiger partial charge in [0.25, 0.3) is 0 Å². The van der Waals surface area contributed by atoms with E-state index >= 15 is 0 Å². The number of ether oxygens (including phenoxy) is 1. The highest BCUT2D eigenvalue weighted by molar-refractivity contribution is 7.73. The molecule has 0 bridgehead atoms. The lowest BCUT2D eigenvalue weighted by molar-refractivity contribution is -0.635. The third-order valence-corrected chi connectivity index (χ3v) is 4.92. The molecule has 0 radical (unpaired) electrons. The number of nitrogens with two attached hydrogens (primary N) is 1. The van der Waals surface area contributed by atoms with Gasteiger partial charge in [0.15, 0.2) is 5.75 Å². The fourth-order valence-corrected chi connectivity index (χ4v) is 3.46. The largest absolute Gasteiger partial charge is 0.750 e. The van der Waals surface area contributed by atoms with E-state index in [2.05, 4.69) is 52.4 Å². The van der Waals surface area contributed by atoms with Crippen molar-refractivity contribution in [3.05, 3.63) is 54.3 Å². The maximum atomic E-state index is 8.83. The molecule has 1 aliphatic carbocycles. The van der Waals surface area contributed by atoms with Crippen LogP contribution in [0.15, 0.2) is 54.3 Å². The molecule has 0 fully saturated rings. The molecule has 2 unspecified atom stereocenters. The first kappa shape index (κ1) is 21.0. The number of fused-ring (bicyclic) bond motifs is 4. The average Bonchev–Trinajstić information content (AvgIpc) is 2.74. The Balaban J connectivity index is 0.000000431. The molecule has 0 spiro atoms. The van der Waals surface area contributed by atoms with Gasteiger partial charge in [0.05, 0.1) is 23.1 Å². The highest BCUT2D eigenvalue weighted by Crippen LogP contribution is 2.42. The molecule has 8 nitrogen and oxygen atoms in total. The van der Waals surface area contributed by atoms with Gasteiger partial charge >= 0.3 is 0 Å². The second-order valence-electron chi connectivity index (χ2n) is 6.38. The summed E-state index contributed by atoms with van der Waals surface area (Å²) in [6, 6.07) is 10.1. The fourth-order valence-electron chi connectivity index (χ4n) is 3.46. The molecule has 4 rings (SSSR count). The lowest BCUT2D eigenvalue weighted by Crippen LogP contribution is -2.32. The Kier molecular flexibility index (Phi) is 6.65. The lowest BCUT2D eigenvalue weighted by Gasteiger charge is -2.30. The van der Waals surface area contributed by atoms with Crippen molar-refractivity contribution < 1.29 is 27.7 Å². The van der Waals surface area contributed by atoms with Crippen molar-refractivity contribution in [3.63, 3.8) is 0 Å². The summed E-state index contributed by atoms with van der Waals surface area (Å²) in [5.74, 6) is 1.71. The molecular formula is C20H22N3O5S-. The Labute approximate surface area is 171 Å². The SMILES string of the molecule is CC[N+](CC)=C1C=CC2Nc3c(cc(N)c4ccccc34)OC2=C1.O=S([O-])O[O-]. The number of allylic oxidation sites excluding steroid dienone is 2. The van der Waals surface area contributed by atoms with Crippen molar-refractivity contribution in [3.8, 4) is 5.75 Å². The van der Waals surface area contributed by atoms with Crippen LogP contribution in [0.5, 0.6) is 5.75 Å². The van der Waals surface area contributed by atoms with Crippen molar-refractivity contribution in [2.75, 3.05) is 24.1 Å². The zero-order valence-electron chi connectivity index (χ0n) is 16.1. The Morgan fingerprint density at radius 2 is 1.93 bits per heavy atom. The first-order valence-electron chi connectivity index (χ1n) is 9.15. The van der Waals surface area contributed by atoms with Crippen LogP contribution in [0.2, 0.25) is 0 Å². The van der Waals surface area contributed by atoms with Crippen molar-refractivity contribution in [1.82, 2.24) is 0 Å². The minimum Gasteiger partial charge on any atom is -0.750 e. The Bertz CT molecular complexity index is 1030. The minimum absolute atomic E-state index is 0.0591. The van der Waals surface area contributed by atoms with Gasteiger partial charge in [-0.2, -0.15) is 0 Å². The molecule has 2 aromatic rings. The van der Waals surface area contributed by atoms with Crippen LogP contribution in [0.1, 0.15) is 13.8 Å². The monoisotopic (exact) mass is 416 g/mol. The van der Waals surface area contributed by atoms with E-state index in [-0.39, 0.29) is 6.04 Å². The third-order valence-electron chi connectivity index (χ3n) is 4.81. The van der Waals surface area contributed by atoms with Gasteiger partial charge in [-0.1, -0.05) is 24.3 Å². The van der Waals surface area contributed by atoms with E-state index in [1.807, 2.05) is 24.3 Å². The van der Waals surface area contributed by atoms with Crippen LogP contribution in [0, 0.1) is 0 Å². The first-order chi connectivity index (χ1) is 14.0. The van der Waals surface area contributed by atoms with E-state index in [0.29, 0.717) is 0 Å². The van der Waals surface area contributed by atoms with Gasteiger partial charge in [0, 0.05) is 28.6 Å². The van der Waals surface area contributed by atoms with Gasteiger partial charge < -0.3 is 29.9 Å². The molecule has 0 amide bonds. The van der Waals surface area contributed by atoms with E-state index in [9.17, 15) is 0 Å². The normalized spacial score (nSPS) is 17.7. The van der Waals surface area contributed by atoms with E-state index in [1.54, 1.807) is 0 Å². The summed E-state index contributed by atoms with van der Waals surface area (Å²) in [5, 5.41) is 14.3. The van der Waals surface area contributed by atoms with E-state index < -0.39 is 11.4 Å². The van der Waals surface area contributed by atoms with Crippen molar-refractivity contribution in [1.29, 1.82) is 0 Å². The zero-order valence-corrected chi connectivity index (χ0v) is 16.9. The summed E-state index contributed by atoms with van der Waals surface area (Å²) < 4.78 is 28.6. The number of hydrogen-bond donors (Lipinski definition) is 2. The van der Waals surface area contributed by atoms with Gasteiger partial charge in [0.1, 0.15) is 24.9 Å². The number of benzene rings is 2. The molecule has 154 valence electrons. The van der Waals surface area contributed by atoms with E-state index in [0.717, 1.165) is 46.7 Å². The summed E-state index contributed by atoms with van der Waals surface area (Å²) in [6.45, 7) is 6.28. The Morgan fingerprint density at radius 3 is 2.55 bits per heavy atom. The molecular weight excluding hydrogens is 394 g/mol. The molecule has 9 heteroatoms. The lowest BCUT2D eigenvalue weighted by atomic mass is 10.0.